The van der Waals surface area contributed by atoms with Crippen LogP contribution < -0.4 is 0 Å². The first-order valence-corrected chi connectivity index (χ1v) is 5.39. The van der Waals surface area contributed by atoms with Gasteiger partial charge in [0, 0.05) is 30.2 Å². The molecule has 0 saturated heterocycles. The molecule has 18 heavy (non-hydrogen) atoms. The maximum absolute atomic E-state index is 12.3. The third kappa shape index (κ3) is 3.06. The Labute approximate surface area is 103 Å². The van der Waals surface area contributed by atoms with Crippen LogP contribution in [0.15, 0.2) is 36.7 Å². The highest BCUT2D eigenvalue weighted by molar-refractivity contribution is 5.21. The molecule has 0 spiro atoms. The van der Waals surface area contributed by atoms with Crippen LogP contribution in [0.2, 0.25) is 0 Å². The predicted octanol–water partition coefficient (Wildman–Crippen LogP) is 3.39. The zero-order valence-electron chi connectivity index (χ0n) is 9.70. The maximum Gasteiger partial charge on any atom is 0.417 e. The molecule has 94 valence electrons. The summed E-state index contributed by atoms with van der Waals surface area (Å²) in [5, 5.41) is 0. The van der Waals surface area contributed by atoms with E-state index in [2.05, 4.69) is 9.97 Å². The summed E-state index contributed by atoms with van der Waals surface area (Å²) in [6, 6.07) is 6.17. The van der Waals surface area contributed by atoms with Crippen molar-refractivity contribution in [3.8, 4) is 0 Å². The Kier molecular flexibility index (Phi) is 3.32. The molecule has 0 amide bonds. The smallest absolute Gasteiger partial charge is 0.261 e. The molecule has 0 fully saturated rings. The molecule has 0 radical (unpaired) electrons. The Morgan fingerprint density at radius 2 is 1.56 bits per heavy atom. The standard InChI is InChI=1S/C13H11F3N2/c1-9-2-4-11(17-7-9)6-12-5-3-10(8-18-12)13(14,15)16/h2-5,7-8H,6H2,1H3. The molecule has 0 bridgehead atoms. The molecule has 2 aromatic heterocycles. The lowest BCUT2D eigenvalue weighted by Gasteiger charge is -2.06. The van der Waals surface area contributed by atoms with Gasteiger partial charge in [-0.15, -0.1) is 0 Å². The van der Waals surface area contributed by atoms with E-state index in [-0.39, 0.29) is 0 Å². The van der Waals surface area contributed by atoms with Crippen molar-refractivity contribution in [2.75, 3.05) is 0 Å². The van der Waals surface area contributed by atoms with Gasteiger partial charge in [0.25, 0.3) is 0 Å². The van der Waals surface area contributed by atoms with E-state index in [1.807, 2.05) is 19.1 Å². The van der Waals surface area contributed by atoms with Gasteiger partial charge in [0.2, 0.25) is 0 Å². The summed E-state index contributed by atoms with van der Waals surface area (Å²) in [6.07, 6.45) is -1.34. The molecule has 0 aromatic carbocycles. The molecule has 0 unspecified atom stereocenters. The summed E-state index contributed by atoms with van der Waals surface area (Å²) in [7, 11) is 0. The van der Waals surface area contributed by atoms with Crippen LogP contribution in [0.3, 0.4) is 0 Å². The van der Waals surface area contributed by atoms with Crippen LogP contribution in [0.5, 0.6) is 0 Å². The zero-order valence-corrected chi connectivity index (χ0v) is 9.70. The van der Waals surface area contributed by atoms with Crippen LogP contribution in [0.4, 0.5) is 13.2 Å². The number of alkyl halides is 3. The number of hydrogen-bond acceptors (Lipinski definition) is 2. The molecule has 2 aromatic rings. The Balaban J connectivity index is 2.13. The molecule has 0 saturated carbocycles. The first kappa shape index (κ1) is 12.5. The first-order valence-electron chi connectivity index (χ1n) is 5.39. The predicted molar refractivity (Wildman–Crippen MR) is 61.0 cm³/mol. The minimum absolute atomic E-state index is 0.429. The second-order valence-corrected chi connectivity index (χ2v) is 4.04. The van der Waals surface area contributed by atoms with E-state index in [1.54, 1.807) is 6.20 Å². The number of nitrogens with zero attached hydrogens (tertiary/aromatic N) is 2. The molecular weight excluding hydrogens is 241 g/mol. The van der Waals surface area contributed by atoms with Crippen LogP contribution >= 0.6 is 0 Å². The lowest BCUT2D eigenvalue weighted by molar-refractivity contribution is -0.137. The van der Waals surface area contributed by atoms with Crippen molar-refractivity contribution in [2.24, 2.45) is 0 Å². The van der Waals surface area contributed by atoms with Gasteiger partial charge >= 0.3 is 6.18 Å². The number of rotatable bonds is 2. The largest absolute Gasteiger partial charge is 0.417 e. The van der Waals surface area contributed by atoms with Crippen LogP contribution in [0, 0.1) is 6.92 Å². The van der Waals surface area contributed by atoms with Gasteiger partial charge in [-0.05, 0) is 30.7 Å². The molecule has 0 aliphatic carbocycles. The summed E-state index contributed by atoms with van der Waals surface area (Å²) in [5.74, 6) is 0. The van der Waals surface area contributed by atoms with Gasteiger partial charge in [0.1, 0.15) is 0 Å². The molecule has 0 atom stereocenters. The van der Waals surface area contributed by atoms with Crippen LogP contribution in [0.25, 0.3) is 0 Å². The molecule has 0 aliphatic heterocycles. The molecular formula is C13H11F3N2. The third-order valence-corrected chi connectivity index (χ3v) is 2.49. The second-order valence-electron chi connectivity index (χ2n) is 4.04. The van der Waals surface area contributed by atoms with Crippen molar-refractivity contribution in [1.82, 2.24) is 9.97 Å². The Bertz CT molecular complexity index is 515. The molecule has 0 aliphatic rings. The number of aryl methyl sites for hydroxylation is 1. The SMILES string of the molecule is Cc1ccc(Cc2ccc(C(F)(F)F)cn2)nc1. The van der Waals surface area contributed by atoms with E-state index >= 15 is 0 Å². The summed E-state index contributed by atoms with van der Waals surface area (Å²) < 4.78 is 37.0. The van der Waals surface area contributed by atoms with Gasteiger partial charge in [0.15, 0.2) is 0 Å². The molecule has 2 heterocycles. The molecule has 2 rings (SSSR count). The van der Waals surface area contributed by atoms with E-state index in [0.717, 1.165) is 23.5 Å². The minimum atomic E-state index is -4.34. The summed E-state index contributed by atoms with van der Waals surface area (Å²) >= 11 is 0. The van der Waals surface area contributed by atoms with Crippen molar-refractivity contribution in [3.63, 3.8) is 0 Å². The lowest BCUT2D eigenvalue weighted by Crippen LogP contribution is -2.06. The fourth-order valence-corrected chi connectivity index (χ4v) is 1.49. The fourth-order valence-electron chi connectivity index (χ4n) is 1.49. The van der Waals surface area contributed by atoms with Gasteiger partial charge in [-0.3, -0.25) is 9.97 Å². The van der Waals surface area contributed by atoms with Gasteiger partial charge < -0.3 is 0 Å². The average Bonchev–Trinajstić information content (AvgIpc) is 2.32. The van der Waals surface area contributed by atoms with Gasteiger partial charge in [-0.25, -0.2) is 0 Å². The molecule has 0 N–H and O–H groups in total. The highest BCUT2D eigenvalue weighted by Crippen LogP contribution is 2.28. The van der Waals surface area contributed by atoms with E-state index < -0.39 is 11.7 Å². The van der Waals surface area contributed by atoms with Crippen molar-refractivity contribution < 1.29 is 13.2 Å². The van der Waals surface area contributed by atoms with Crippen molar-refractivity contribution in [1.29, 1.82) is 0 Å². The minimum Gasteiger partial charge on any atom is -0.261 e. The lowest BCUT2D eigenvalue weighted by atomic mass is 10.1. The molecule has 5 heteroatoms. The number of pyridine rings is 2. The normalized spacial score (nSPS) is 11.6. The number of aromatic nitrogens is 2. The Hall–Kier alpha value is -1.91. The highest BCUT2D eigenvalue weighted by atomic mass is 19.4. The van der Waals surface area contributed by atoms with E-state index in [9.17, 15) is 13.2 Å². The van der Waals surface area contributed by atoms with Gasteiger partial charge in [0.05, 0.1) is 5.56 Å². The second kappa shape index (κ2) is 4.76. The van der Waals surface area contributed by atoms with E-state index in [4.69, 9.17) is 0 Å². The van der Waals surface area contributed by atoms with Gasteiger partial charge in [-0.1, -0.05) is 6.07 Å². The average molecular weight is 252 g/mol. The van der Waals surface area contributed by atoms with Crippen molar-refractivity contribution in [3.05, 3.63) is 59.2 Å². The Morgan fingerprint density at radius 3 is 2.00 bits per heavy atom. The fraction of sp³-hybridized carbons (Fsp3) is 0.231. The highest BCUT2D eigenvalue weighted by Gasteiger charge is 2.30. The van der Waals surface area contributed by atoms with Crippen molar-refractivity contribution >= 4 is 0 Å². The van der Waals surface area contributed by atoms with E-state index in [0.29, 0.717) is 12.1 Å². The number of halogens is 3. The van der Waals surface area contributed by atoms with Crippen LogP contribution in [-0.2, 0) is 12.6 Å². The summed E-state index contributed by atoms with van der Waals surface area (Å²) in [5.41, 5.74) is 1.66. The quantitative estimate of drug-likeness (QED) is 0.818. The van der Waals surface area contributed by atoms with Crippen LogP contribution in [-0.4, -0.2) is 9.97 Å². The maximum atomic E-state index is 12.3. The zero-order chi connectivity index (χ0) is 13.2. The summed E-state index contributed by atoms with van der Waals surface area (Å²) in [6.45, 7) is 1.92. The van der Waals surface area contributed by atoms with E-state index in [1.165, 1.54) is 6.07 Å². The van der Waals surface area contributed by atoms with Crippen molar-refractivity contribution in [2.45, 2.75) is 19.5 Å². The monoisotopic (exact) mass is 252 g/mol. The number of hydrogen-bond donors (Lipinski definition) is 0. The van der Waals surface area contributed by atoms with Gasteiger partial charge in [-0.2, -0.15) is 13.2 Å². The topological polar surface area (TPSA) is 25.8 Å². The summed E-state index contributed by atoms with van der Waals surface area (Å²) in [4.78, 5) is 7.99. The Morgan fingerprint density at radius 1 is 0.944 bits per heavy atom. The first-order chi connectivity index (χ1) is 8.45. The van der Waals surface area contributed by atoms with Crippen LogP contribution in [0.1, 0.15) is 22.5 Å². The third-order valence-electron chi connectivity index (χ3n) is 2.49. The molecule has 2 nitrogen and oxygen atoms in total.